The van der Waals surface area contributed by atoms with Crippen molar-refractivity contribution in [3.05, 3.63) is 100 Å². The molecule has 0 aliphatic heterocycles. The Labute approximate surface area is 244 Å². The summed E-state index contributed by atoms with van der Waals surface area (Å²) in [7, 11) is -1.65. The summed E-state index contributed by atoms with van der Waals surface area (Å²) in [6.07, 6.45) is 0.908. The lowest BCUT2D eigenvalue weighted by atomic mass is 10.0. The number of benzene rings is 3. The van der Waals surface area contributed by atoms with Gasteiger partial charge in [0.2, 0.25) is 11.8 Å². The third-order valence-electron chi connectivity index (χ3n) is 6.23. The van der Waals surface area contributed by atoms with E-state index in [4.69, 9.17) is 0 Å². The van der Waals surface area contributed by atoms with E-state index in [1.165, 1.54) is 37.2 Å². The second kappa shape index (κ2) is 14.4. The van der Waals surface area contributed by atoms with Gasteiger partial charge in [0.15, 0.2) is 0 Å². The SMILES string of the molecule is CCCNC(=O)[C@@H](Cc1ccccc1)N(Cc1ccc(Br)cc1)C(=O)CN(c1ccccc1F)S(=O)(=O)N(C)C. The zero-order valence-electron chi connectivity index (χ0n) is 22.8. The van der Waals surface area contributed by atoms with Gasteiger partial charge in [-0.25, -0.2) is 8.70 Å². The van der Waals surface area contributed by atoms with Gasteiger partial charge in [0.05, 0.1) is 5.69 Å². The Balaban J connectivity index is 2.08. The van der Waals surface area contributed by atoms with Gasteiger partial charge >= 0.3 is 10.2 Å². The summed E-state index contributed by atoms with van der Waals surface area (Å²) in [5.74, 6) is -1.80. The van der Waals surface area contributed by atoms with Gasteiger partial charge in [0.1, 0.15) is 18.4 Å². The van der Waals surface area contributed by atoms with Gasteiger partial charge in [-0.15, -0.1) is 0 Å². The van der Waals surface area contributed by atoms with Gasteiger partial charge in [0.25, 0.3) is 0 Å². The fourth-order valence-electron chi connectivity index (χ4n) is 4.06. The number of hydrogen-bond donors (Lipinski definition) is 1. The number of carbonyl (C=O) groups excluding carboxylic acids is 2. The van der Waals surface area contributed by atoms with Crippen LogP contribution in [0, 0.1) is 5.82 Å². The average Bonchev–Trinajstić information content (AvgIpc) is 2.94. The smallest absolute Gasteiger partial charge is 0.304 e. The van der Waals surface area contributed by atoms with Crippen LogP contribution >= 0.6 is 15.9 Å². The summed E-state index contributed by atoms with van der Waals surface area (Å²) in [5, 5.41) is 2.89. The van der Waals surface area contributed by atoms with E-state index in [0.29, 0.717) is 13.0 Å². The minimum absolute atomic E-state index is 0.0380. The van der Waals surface area contributed by atoms with E-state index >= 15 is 0 Å². The fraction of sp³-hybridized carbons (Fsp3) is 0.310. The molecule has 0 saturated carbocycles. The first kappa shape index (κ1) is 31.3. The predicted octanol–water partition coefficient (Wildman–Crippen LogP) is 4.37. The number of halogens is 2. The molecule has 1 atom stereocenters. The van der Waals surface area contributed by atoms with Crippen molar-refractivity contribution in [2.75, 3.05) is 31.5 Å². The highest BCUT2D eigenvalue weighted by Crippen LogP contribution is 2.24. The minimum Gasteiger partial charge on any atom is -0.354 e. The molecule has 1 N–H and O–H groups in total. The van der Waals surface area contributed by atoms with Crippen molar-refractivity contribution in [2.24, 2.45) is 0 Å². The molecule has 0 saturated heterocycles. The van der Waals surface area contributed by atoms with E-state index in [2.05, 4.69) is 21.2 Å². The Morgan fingerprint density at radius 1 is 0.925 bits per heavy atom. The average molecular weight is 634 g/mol. The zero-order valence-corrected chi connectivity index (χ0v) is 25.2. The van der Waals surface area contributed by atoms with Crippen LogP contribution in [0.5, 0.6) is 0 Å². The number of nitrogens with one attached hydrogen (secondary N) is 1. The monoisotopic (exact) mass is 632 g/mol. The van der Waals surface area contributed by atoms with E-state index in [-0.39, 0.29) is 24.6 Å². The molecule has 0 aliphatic rings. The minimum atomic E-state index is -4.27. The molecule has 0 aromatic heterocycles. The maximum absolute atomic E-state index is 14.9. The topological polar surface area (TPSA) is 90.0 Å². The van der Waals surface area contributed by atoms with Crippen LogP contribution in [0.2, 0.25) is 0 Å². The van der Waals surface area contributed by atoms with E-state index in [9.17, 15) is 22.4 Å². The molecule has 0 heterocycles. The first-order valence-corrected chi connectivity index (χ1v) is 15.0. The second-order valence-electron chi connectivity index (χ2n) is 9.39. The van der Waals surface area contributed by atoms with Crippen LogP contribution in [0.1, 0.15) is 24.5 Å². The van der Waals surface area contributed by atoms with Crippen molar-refractivity contribution in [2.45, 2.75) is 32.4 Å². The second-order valence-corrected chi connectivity index (χ2v) is 12.4. The Hall–Kier alpha value is -3.28. The number of para-hydroxylation sites is 1. The molecule has 3 rings (SSSR count). The third kappa shape index (κ3) is 8.12. The van der Waals surface area contributed by atoms with Crippen LogP contribution < -0.4 is 9.62 Å². The molecule has 3 aromatic carbocycles. The predicted molar refractivity (Wildman–Crippen MR) is 158 cm³/mol. The quantitative estimate of drug-likeness (QED) is 0.303. The molecule has 3 aromatic rings. The Bertz CT molecular complexity index is 1390. The first-order valence-electron chi connectivity index (χ1n) is 12.8. The van der Waals surface area contributed by atoms with Gasteiger partial charge in [-0.3, -0.25) is 9.59 Å². The summed E-state index contributed by atoms with van der Waals surface area (Å²) in [6.45, 7) is 1.68. The molecule has 40 heavy (non-hydrogen) atoms. The largest absolute Gasteiger partial charge is 0.354 e. The Kier molecular flexibility index (Phi) is 11.2. The van der Waals surface area contributed by atoms with Gasteiger partial charge < -0.3 is 10.2 Å². The number of nitrogens with zero attached hydrogens (tertiary/aromatic N) is 3. The molecule has 0 spiro atoms. The van der Waals surface area contributed by atoms with Crippen LogP contribution in [-0.2, 0) is 32.8 Å². The summed E-state index contributed by atoms with van der Waals surface area (Å²) < 4.78 is 44.0. The molecule has 0 bridgehead atoms. The molecule has 8 nitrogen and oxygen atoms in total. The summed E-state index contributed by atoms with van der Waals surface area (Å²) in [4.78, 5) is 29.0. The van der Waals surface area contributed by atoms with E-state index < -0.39 is 34.5 Å². The number of carbonyl (C=O) groups is 2. The Morgan fingerprint density at radius 2 is 1.55 bits per heavy atom. The molecule has 0 unspecified atom stereocenters. The lowest BCUT2D eigenvalue weighted by Crippen LogP contribution is -2.54. The maximum Gasteiger partial charge on any atom is 0.304 e. The van der Waals surface area contributed by atoms with E-state index in [1.807, 2.05) is 61.5 Å². The molecule has 0 radical (unpaired) electrons. The van der Waals surface area contributed by atoms with Crippen molar-refractivity contribution in [1.29, 1.82) is 0 Å². The molecule has 2 amide bonds. The van der Waals surface area contributed by atoms with Crippen LogP contribution in [0.4, 0.5) is 10.1 Å². The summed E-state index contributed by atoms with van der Waals surface area (Å²) >= 11 is 3.41. The Morgan fingerprint density at radius 3 is 2.15 bits per heavy atom. The highest BCUT2D eigenvalue weighted by Gasteiger charge is 2.35. The van der Waals surface area contributed by atoms with E-state index in [1.54, 1.807) is 0 Å². The zero-order chi connectivity index (χ0) is 29.3. The molecule has 214 valence electrons. The molecular formula is C29H34BrFN4O4S. The lowest BCUT2D eigenvalue weighted by Gasteiger charge is -2.34. The third-order valence-corrected chi connectivity index (χ3v) is 8.56. The van der Waals surface area contributed by atoms with Crippen LogP contribution in [0.3, 0.4) is 0 Å². The number of amides is 2. The van der Waals surface area contributed by atoms with Crippen molar-refractivity contribution in [1.82, 2.24) is 14.5 Å². The highest BCUT2D eigenvalue weighted by atomic mass is 79.9. The van der Waals surface area contributed by atoms with Crippen LogP contribution in [-0.4, -0.2) is 62.7 Å². The molecule has 11 heteroatoms. The highest BCUT2D eigenvalue weighted by molar-refractivity contribution is 9.10. The van der Waals surface area contributed by atoms with Gasteiger partial charge in [-0.2, -0.15) is 12.7 Å². The molecular weight excluding hydrogens is 599 g/mol. The van der Waals surface area contributed by atoms with Crippen molar-refractivity contribution < 1.29 is 22.4 Å². The molecule has 0 aliphatic carbocycles. The van der Waals surface area contributed by atoms with Crippen molar-refractivity contribution in [3.63, 3.8) is 0 Å². The number of hydrogen-bond acceptors (Lipinski definition) is 4. The number of anilines is 1. The van der Waals surface area contributed by atoms with Gasteiger partial charge in [-0.1, -0.05) is 77.5 Å². The van der Waals surface area contributed by atoms with Crippen molar-refractivity contribution in [3.8, 4) is 0 Å². The van der Waals surface area contributed by atoms with Crippen LogP contribution in [0.25, 0.3) is 0 Å². The first-order chi connectivity index (χ1) is 19.0. The molecule has 0 fully saturated rings. The van der Waals surface area contributed by atoms with Gasteiger partial charge in [-0.05, 0) is 41.8 Å². The summed E-state index contributed by atoms with van der Waals surface area (Å²) in [5.41, 5.74) is 1.31. The van der Waals surface area contributed by atoms with Crippen molar-refractivity contribution >= 4 is 43.6 Å². The maximum atomic E-state index is 14.9. The standard InChI is InChI=1S/C29H34BrFN4O4S/c1-4-18-32-29(37)27(19-22-10-6-5-7-11-22)34(20-23-14-16-24(30)17-15-23)28(36)21-35(40(38,39)33(2)3)26-13-9-8-12-25(26)31/h5-17,27H,4,18-21H2,1-3H3,(H,32,37)/t27-/m1/s1. The van der Waals surface area contributed by atoms with E-state index in [0.717, 1.165) is 30.3 Å². The van der Waals surface area contributed by atoms with Crippen LogP contribution in [0.15, 0.2) is 83.3 Å². The normalized spacial score (nSPS) is 12.2. The summed E-state index contributed by atoms with van der Waals surface area (Å²) in [6, 6.07) is 21.0. The fourth-order valence-corrected chi connectivity index (χ4v) is 5.39. The van der Waals surface area contributed by atoms with Gasteiger partial charge in [0, 0.05) is 38.1 Å². The lowest BCUT2D eigenvalue weighted by molar-refractivity contribution is -0.140. The number of rotatable bonds is 13.